The Hall–Kier alpha value is -2.91. The molecule has 2 aromatic carbocycles. The fraction of sp³-hybridized carbons (Fsp3) is 0.333. The van der Waals surface area contributed by atoms with Crippen LogP contribution in [0.2, 0.25) is 0 Å². The maximum atomic E-state index is 12.7. The number of amides is 2. The van der Waals surface area contributed by atoms with Crippen LogP contribution in [0, 0.1) is 0 Å². The molecule has 0 saturated heterocycles. The number of nitrogens with one attached hydrogen (secondary N) is 2. The van der Waals surface area contributed by atoms with Gasteiger partial charge in [0.15, 0.2) is 6.61 Å². The predicted octanol–water partition coefficient (Wildman–Crippen LogP) is 1.81. The molecule has 3 rings (SSSR count). The molecular formula is C21H25N3O5S. The number of benzene rings is 2. The van der Waals surface area contributed by atoms with Crippen molar-refractivity contribution in [1.82, 2.24) is 10.0 Å². The average Bonchev–Trinajstić information content (AvgIpc) is 2.67. The zero-order valence-corrected chi connectivity index (χ0v) is 18.0. The molecule has 160 valence electrons. The maximum absolute atomic E-state index is 12.7. The van der Waals surface area contributed by atoms with Gasteiger partial charge in [-0.1, -0.05) is 30.3 Å². The Labute approximate surface area is 176 Å². The van der Waals surface area contributed by atoms with E-state index in [1.165, 1.54) is 11.0 Å². The first-order valence-electron chi connectivity index (χ1n) is 9.47. The van der Waals surface area contributed by atoms with E-state index in [-0.39, 0.29) is 30.5 Å². The molecule has 2 N–H and O–H groups in total. The number of sulfonamides is 1. The molecular weight excluding hydrogens is 406 g/mol. The molecule has 1 heterocycles. The normalized spacial score (nSPS) is 14.1. The fourth-order valence-electron chi connectivity index (χ4n) is 3.09. The van der Waals surface area contributed by atoms with E-state index in [2.05, 4.69) is 10.0 Å². The standard InChI is InChI=1S/C21H25N3O5S/c1-21(2,3)23-30(27,28)18-11-7-4-8-15(18)12-22-19(25)13-24-16-9-5-6-10-17(16)29-14-20(24)26/h4-11,23H,12-14H2,1-3H3,(H,22,25). The summed E-state index contributed by atoms with van der Waals surface area (Å²) in [5, 5.41) is 2.71. The van der Waals surface area contributed by atoms with Crippen LogP contribution in [0.5, 0.6) is 5.75 Å². The quantitative estimate of drug-likeness (QED) is 0.726. The van der Waals surface area contributed by atoms with Gasteiger partial charge in [-0.15, -0.1) is 0 Å². The maximum Gasteiger partial charge on any atom is 0.265 e. The number of anilines is 1. The number of ether oxygens (including phenoxy) is 1. The van der Waals surface area contributed by atoms with Gasteiger partial charge < -0.3 is 10.1 Å². The number of fused-ring (bicyclic) bond motifs is 1. The molecule has 2 amide bonds. The Balaban J connectivity index is 1.71. The van der Waals surface area contributed by atoms with E-state index in [0.29, 0.717) is 17.0 Å². The Morgan fingerprint density at radius 1 is 1.10 bits per heavy atom. The minimum atomic E-state index is -3.75. The van der Waals surface area contributed by atoms with Crippen molar-refractivity contribution in [3.8, 4) is 5.75 Å². The second-order valence-corrected chi connectivity index (χ2v) is 9.63. The van der Waals surface area contributed by atoms with Crippen LogP contribution in [0.4, 0.5) is 5.69 Å². The topological polar surface area (TPSA) is 105 Å². The van der Waals surface area contributed by atoms with Gasteiger partial charge in [-0.05, 0) is 44.5 Å². The van der Waals surface area contributed by atoms with E-state index >= 15 is 0 Å². The number of hydrogen-bond acceptors (Lipinski definition) is 5. The van der Waals surface area contributed by atoms with Gasteiger partial charge in [0.05, 0.1) is 10.6 Å². The zero-order chi connectivity index (χ0) is 21.9. The summed E-state index contributed by atoms with van der Waals surface area (Å²) >= 11 is 0. The Bertz CT molecular complexity index is 1060. The SMILES string of the molecule is CC(C)(C)NS(=O)(=O)c1ccccc1CNC(=O)CN1C(=O)COc2ccccc21. The molecule has 0 bridgehead atoms. The number of carbonyl (C=O) groups is 2. The lowest BCUT2D eigenvalue weighted by molar-refractivity contribution is -0.125. The summed E-state index contributed by atoms with van der Waals surface area (Å²) in [7, 11) is -3.75. The van der Waals surface area contributed by atoms with Crippen LogP contribution in [0.3, 0.4) is 0 Å². The highest BCUT2D eigenvalue weighted by molar-refractivity contribution is 7.89. The van der Waals surface area contributed by atoms with Crippen LogP contribution in [-0.4, -0.2) is 38.9 Å². The lowest BCUT2D eigenvalue weighted by Gasteiger charge is -2.28. The van der Waals surface area contributed by atoms with Crippen molar-refractivity contribution in [2.45, 2.75) is 37.8 Å². The van der Waals surface area contributed by atoms with Crippen molar-refractivity contribution in [3.05, 3.63) is 54.1 Å². The van der Waals surface area contributed by atoms with Crippen molar-refractivity contribution >= 4 is 27.5 Å². The molecule has 30 heavy (non-hydrogen) atoms. The highest BCUT2D eigenvalue weighted by atomic mass is 32.2. The molecule has 0 unspecified atom stereocenters. The van der Waals surface area contributed by atoms with Gasteiger partial charge in [0.25, 0.3) is 5.91 Å². The monoisotopic (exact) mass is 431 g/mol. The summed E-state index contributed by atoms with van der Waals surface area (Å²) in [6.07, 6.45) is 0. The molecule has 1 aliphatic rings. The Morgan fingerprint density at radius 2 is 1.77 bits per heavy atom. The first-order valence-corrected chi connectivity index (χ1v) is 11.0. The fourth-order valence-corrected chi connectivity index (χ4v) is 4.75. The lowest BCUT2D eigenvalue weighted by Crippen LogP contribution is -2.45. The molecule has 0 aliphatic carbocycles. The molecule has 0 aromatic heterocycles. The summed E-state index contributed by atoms with van der Waals surface area (Å²) in [4.78, 5) is 26.2. The Kier molecular flexibility index (Phi) is 6.14. The number of para-hydroxylation sites is 2. The van der Waals surface area contributed by atoms with Gasteiger partial charge >= 0.3 is 0 Å². The average molecular weight is 432 g/mol. The molecule has 0 radical (unpaired) electrons. The lowest BCUT2D eigenvalue weighted by atomic mass is 10.1. The van der Waals surface area contributed by atoms with Crippen LogP contribution in [0.1, 0.15) is 26.3 Å². The van der Waals surface area contributed by atoms with Gasteiger partial charge in [0, 0.05) is 12.1 Å². The van der Waals surface area contributed by atoms with E-state index in [1.807, 2.05) is 0 Å². The predicted molar refractivity (Wildman–Crippen MR) is 113 cm³/mol. The van der Waals surface area contributed by atoms with E-state index in [9.17, 15) is 18.0 Å². The van der Waals surface area contributed by atoms with E-state index in [0.717, 1.165) is 0 Å². The first kappa shape index (κ1) is 21.8. The van der Waals surface area contributed by atoms with Gasteiger partial charge in [0.1, 0.15) is 12.3 Å². The van der Waals surface area contributed by atoms with Crippen LogP contribution in [0.15, 0.2) is 53.4 Å². The molecule has 0 saturated carbocycles. The van der Waals surface area contributed by atoms with Crippen LogP contribution >= 0.6 is 0 Å². The third-order valence-corrected chi connectivity index (χ3v) is 6.15. The number of rotatable bonds is 6. The minimum absolute atomic E-state index is 0.0141. The van der Waals surface area contributed by atoms with Gasteiger partial charge in [-0.2, -0.15) is 0 Å². The molecule has 0 fully saturated rings. The molecule has 8 nitrogen and oxygen atoms in total. The number of carbonyl (C=O) groups excluding carboxylic acids is 2. The second kappa shape index (κ2) is 8.45. The molecule has 9 heteroatoms. The summed E-state index contributed by atoms with van der Waals surface area (Å²) in [5.41, 5.74) is 0.344. The van der Waals surface area contributed by atoms with Crippen molar-refractivity contribution in [3.63, 3.8) is 0 Å². The van der Waals surface area contributed by atoms with Gasteiger partial charge in [0.2, 0.25) is 15.9 Å². The minimum Gasteiger partial charge on any atom is -0.482 e. The van der Waals surface area contributed by atoms with Gasteiger partial charge in [-0.25, -0.2) is 13.1 Å². The summed E-state index contributed by atoms with van der Waals surface area (Å²) in [6.45, 7) is 4.96. The van der Waals surface area contributed by atoms with E-state index in [4.69, 9.17) is 4.74 Å². The van der Waals surface area contributed by atoms with Gasteiger partial charge in [-0.3, -0.25) is 14.5 Å². The first-order chi connectivity index (χ1) is 14.1. The molecule has 1 aliphatic heterocycles. The van der Waals surface area contributed by atoms with E-state index < -0.39 is 21.5 Å². The largest absolute Gasteiger partial charge is 0.482 e. The summed E-state index contributed by atoms with van der Waals surface area (Å²) in [5.74, 6) is -0.188. The smallest absolute Gasteiger partial charge is 0.265 e. The highest BCUT2D eigenvalue weighted by Crippen LogP contribution is 2.31. The highest BCUT2D eigenvalue weighted by Gasteiger charge is 2.27. The van der Waals surface area contributed by atoms with Crippen molar-refractivity contribution < 1.29 is 22.7 Å². The van der Waals surface area contributed by atoms with E-state index in [1.54, 1.807) is 63.2 Å². The van der Waals surface area contributed by atoms with Crippen molar-refractivity contribution in [2.75, 3.05) is 18.1 Å². The Morgan fingerprint density at radius 3 is 2.50 bits per heavy atom. The summed E-state index contributed by atoms with van der Waals surface area (Å²) in [6, 6.07) is 13.5. The third kappa shape index (κ3) is 5.17. The molecule has 2 aromatic rings. The van der Waals surface area contributed by atoms with Crippen LogP contribution in [0.25, 0.3) is 0 Å². The van der Waals surface area contributed by atoms with Crippen LogP contribution < -0.4 is 19.7 Å². The molecule has 0 spiro atoms. The number of nitrogens with zero attached hydrogens (tertiary/aromatic N) is 1. The van der Waals surface area contributed by atoms with Crippen molar-refractivity contribution in [2.24, 2.45) is 0 Å². The van der Waals surface area contributed by atoms with Crippen molar-refractivity contribution in [1.29, 1.82) is 0 Å². The second-order valence-electron chi connectivity index (χ2n) is 7.98. The van der Waals surface area contributed by atoms with Crippen LogP contribution in [-0.2, 0) is 26.2 Å². The number of hydrogen-bond donors (Lipinski definition) is 2. The molecule has 0 atom stereocenters. The third-order valence-electron chi connectivity index (χ3n) is 4.29. The zero-order valence-electron chi connectivity index (χ0n) is 17.1. The summed E-state index contributed by atoms with van der Waals surface area (Å²) < 4.78 is 33.4.